The summed E-state index contributed by atoms with van der Waals surface area (Å²) in [6.45, 7) is -0.560. The summed E-state index contributed by atoms with van der Waals surface area (Å²) < 4.78 is 30.4. The van der Waals surface area contributed by atoms with E-state index in [1.54, 1.807) is 0 Å². The molecule has 1 saturated carbocycles. The van der Waals surface area contributed by atoms with Crippen molar-refractivity contribution in [1.82, 2.24) is 4.90 Å². The van der Waals surface area contributed by atoms with Crippen LogP contribution in [-0.2, 0) is 14.3 Å². The fraction of sp³-hybridized carbons (Fsp3) is 0.800. The first kappa shape index (κ1) is 11.3. The second-order valence-electron chi connectivity index (χ2n) is 4.41. The van der Waals surface area contributed by atoms with Crippen molar-refractivity contribution < 1.29 is 23.1 Å². The first-order chi connectivity index (χ1) is 7.41. The number of carbonyl (C=O) groups is 2. The number of ether oxygens (including phenoxy) is 1. The Balaban J connectivity index is 2.07. The van der Waals surface area contributed by atoms with Crippen LogP contribution in [0.3, 0.4) is 0 Å². The molecule has 0 atom stereocenters. The van der Waals surface area contributed by atoms with Crippen LogP contribution in [0, 0.1) is 5.41 Å². The summed E-state index contributed by atoms with van der Waals surface area (Å²) in [6.07, 6.45) is 0.483. The van der Waals surface area contributed by atoms with Crippen molar-refractivity contribution in [3.63, 3.8) is 0 Å². The lowest BCUT2D eigenvalue weighted by atomic mass is 10.1. The Morgan fingerprint density at radius 3 is 2.25 bits per heavy atom. The van der Waals surface area contributed by atoms with E-state index in [0.29, 0.717) is 12.8 Å². The molecule has 0 aromatic rings. The summed E-state index contributed by atoms with van der Waals surface area (Å²) in [5.74, 6) is -3.92. The number of esters is 1. The lowest BCUT2D eigenvalue weighted by molar-refractivity contribution is -0.156. The van der Waals surface area contributed by atoms with Gasteiger partial charge in [-0.25, -0.2) is 8.78 Å². The van der Waals surface area contributed by atoms with Crippen LogP contribution in [0.4, 0.5) is 8.78 Å². The normalized spacial score (nSPS) is 25.3. The molecule has 1 amide bonds. The highest BCUT2D eigenvalue weighted by Gasteiger charge is 2.60. The summed E-state index contributed by atoms with van der Waals surface area (Å²) in [5, 5.41) is 0. The van der Waals surface area contributed by atoms with E-state index in [4.69, 9.17) is 0 Å². The zero-order valence-electron chi connectivity index (χ0n) is 8.96. The van der Waals surface area contributed by atoms with Gasteiger partial charge in [0, 0.05) is 13.0 Å². The molecule has 0 unspecified atom stereocenters. The van der Waals surface area contributed by atoms with Crippen LogP contribution >= 0.6 is 0 Å². The minimum absolute atomic E-state index is 0.0184. The average Bonchev–Trinajstić information content (AvgIpc) is 2.96. The predicted molar refractivity (Wildman–Crippen MR) is 49.8 cm³/mol. The van der Waals surface area contributed by atoms with Gasteiger partial charge in [-0.05, 0) is 12.8 Å². The standard InChI is InChI=1S/C10H13F2NO3/c1-16-8(15)9(2-3-9)7(14)13-5-4-10(11,12)6-13/h2-6H2,1H3. The molecular formula is C10H13F2NO3. The van der Waals surface area contributed by atoms with E-state index in [-0.39, 0.29) is 13.0 Å². The topological polar surface area (TPSA) is 46.6 Å². The van der Waals surface area contributed by atoms with Crippen molar-refractivity contribution in [3.05, 3.63) is 0 Å². The van der Waals surface area contributed by atoms with Crippen molar-refractivity contribution >= 4 is 11.9 Å². The third-order valence-corrected chi connectivity index (χ3v) is 3.19. The summed E-state index contributed by atoms with van der Waals surface area (Å²) in [4.78, 5) is 24.4. The second-order valence-corrected chi connectivity index (χ2v) is 4.41. The molecule has 90 valence electrons. The molecule has 16 heavy (non-hydrogen) atoms. The minimum atomic E-state index is -2.82. The molecule has 0 aromatic heterocycles. The van der Waals surface area contributed by atoms with Crippen LogP contribution in [0.2, 0.25) is 0 Å². The van der Waals surface area contributed by atoms with Gasteiger partial charge in [0.2, 0.25) is 5.91 Å². The smallest absolute Gasteiger partial charge is 0.321 e. The van der Waals surface area contributed by atoms with Crippen LogP contribution in [0.5, 0.6) is 0 Å². The van der Waals surface area contributed by atoms with Crippen LogP contribution in [0.25, 0.3) is 0 Å². The highest BCUT2D eigenvalue weighted by atomic mass is 19.3. The van der Waals surface area contributed by atoms with Crippen molar-refractivity contribution in [3.8, 4) is 0 Å². The second kappa shape index (κ2) is 3.40. The van der Waals surface area contributed by atoms with Crippen molar-refractivity contribution in [2.75, 3.05) is 20.2 Å². The number of alkyl halides is 2. The quantitative estimate of drug-likeness (QED) is 0.523. The van der Waals surface area contributed by atoms with Gasteiger partial charge < -0.3 is 9.64 Å². The van der Waals surface area contributed by atoms with Gasteiger partial charge in [0.15, 0.2) is 0 Å². The van der Waals surface area contributed by atoms with E-state index in [9.17, 15) is 18.4 Å². The Morgan fingerprint density at radius 2 is 1.88 bits per heavy atom. The Hall–Kier alpha value is -1.20. The molecule has 1 aliphatic heterocycles. The van der Waals surface area contributed by atoms with E-state index in [2.05, 4.69) is 4.74 Å². The summed E-state index contributed by atoms with van der Waals surface area (Å²) in [7, 11) is 1.20. The summed E-state index contributed by atoms with van der Waals surface area (Å²) >= 11 is 0. The molecule has 1 heterocycles. The maximum absolute atomic E-state index is 12.9. The first-order valence-electron chi connectivity index (χ1n) is 5.17. The van der Waals surface area contributed by atoms with Crippen molar-refractivity contribution in [1.29, 1.82) is 0 Å². The molecule has 1 aliphatic carbocycles. The molecular weight excluding hydrogens is 220 g/mol. The first-order valence-corrected chi connectivity index (χ1v) is 5.17. The van der Waals surface area contributed by atoms with Crippen LogP contribution in [-0.4, -0.2) is 42.9 Å². The Kier molecular flexibility index (Phi) is 2.40. The Bertz CT molecular complexity index is 339. The van der Waals surface area contributed by atoms with E-state index >= 15 is 0 Å². The monoisotopic (exact) mass is 233 g/mol. The number of hydrogen-bond acceptors (Lipinski definition) is 3. The van der Waals surface area contributed by atoms with Gasteiger partial charge in [-0.3, -0.25) is 9.59 Å². The lowest BCUT2D eigenvalue weighted by Gasteiger charge is -2.21. The number of carbonyl (C=O) groups excluding carboxylic acids is 2. The number of rotatable bonds is 2. The van der Waals surface area contributed by atoms with Gasteiger partial charge in [0.1, 0.15) is 5.41 Å². The minimum Gasteiger partial charge on any atom is -0.468 e. The molecule has 1 saturated heterocycles. The molecule has 0 bridgehead atoms. The third kappa shape index (κ3) is 1.66. The van der Waals surface area contributed by atoms with Gasteiger partial charge in [-0.15, -0.1) is 0 Å². The molecule has 2 rings (SSSR count). The number of methoxy groups -OCH3 is 1. The fourth-order valence-electron chi connectivity index (χ4n) is 2.04. The summed E-state index contributed by atoms with van der Waals surface area (Å²) in [6, 6.07) is 0. The van der Waals surface area contributed by atoms with Crippen LogP contribution in [0.1, 0.15) is 19.3 Å². The fourth-order valence-corrected chi connectivity index (χ4v) is 2.04. The van der Waals surface area contributed by atoms with E-state index in [1.165, 1.54) is 7.11 Å². The van der Waals surface area contributed by atoms with E-state index in [1.807, 2.05) is 0 Å². The van der Waals surface area contributed by atoms with Gasteiger partial charge in [-0.2, -0.15) is 0 Å². The average molecular weight is 233 g/mol. The van der Waals surface area contributed by atoms with Gasteiger partial charge in [-0.1, -0.05) is 0 Å². The van der Waals surface area contributed by atoms with E-state index in [0.717, 1.165) is 4.90 Å². The number of likely N-dealkylation sites (tertiary alicyclic amines) is 1. The third-order valence-electron chi connectivity index (χ3n) is 3.19. The molecule has 4 nitrogen and oxygen atoms in total. The largest absolute Gasteiger partial charge is 0.468 e. The van der Waals surface area contributed by atoms with Crippen LogP contribution < -0.4 is 0 Å². The molecule has 0 spiro atoms. The maximum Gasteiger partial charge on any atom is 0.321 e. The zero-order chi connectivity index (χ0) is 12.0. The van der Waals surface area contributed by atoms with Crippen molar-refractivity contribution in [2.45, 2.75) is 25.2 Å². The number of amides is 1. The van der Waals surface area contributed by atoms with Crippen molar-refractivity contribution in [2.24, 2.45) is 5.41 Å². The molecule has 0 radical (unpaired) electrons. The Morgan fingerprint density at radius 1 is 1.25 bits per heavy atom. The SMILES string of the molecule is COC(=O)C1(C(=O)N2CCC(F)(F)C2)CC1. The lowest BCUT2D eigenvalue weighted by Crippen LogP contribution is -2.41. The van der Waals surface area contributed by atoms with Gasteiger partial charge in [0.05, 0.1) is 13.7 Å². The predicted octanol–water partition coefficient (Wildman–Crippen LogP) is 0.807. The highest BCUT2D eigenvalue weighted by Crippen LogP contribution is 2.49. The number of nitrogens with zero attached hydrogens (tertiary/aromatic N) is 1. The number of hydrogen-bond donors (Lipinski definition) is 0. The highest BCUT2D eigenvalue weighted by molar-refractivity contribution is 6.05. The Labute approximate surface area is 91.5 Å². The summed E-state index contributed by atoms with van der Waals surface area (Å²) in [5.41, 5.74) is -1.16. The van der Waals surface area contributed by atoms with Gasteiger partial charge >= 0.3 is 5.97 Å². The zero-order valence-corrected chi connectivity index (χ0v) is 8.96. The van der Waals surface area contributed by atoms with Crippen LogP contribution in [0.15, 0.2) is 0 Å². The molecule has 0 N–H and O–H groups in total. The molecule has 0 aromatic carbocycles. The molecule has 2 fully saturated rings. The number of halogens is 2. The molecule has 2 aliphatic rings. The molecule has 6 heteroatoms. The maximum atomic E-state index is 12.9. The van der Waals surface area contributed by atoms with Gasteiger partial charge in [0.25, 0.3) is 5.92 Å². The van der Waals surface area contributed by atoms with E-state index < -0.39 is 29.8 Å².